The lowest BCUT2D eigenvalue weighted by atomic mass is 10.1. The van der Waals surface area contributed by atoms with Crippen molar-refractivity contribution in [1.82, 2.24) is 0 Å². The lowest BCUT2D eigenvalue weighted by Gasteiger charge is -2.04. The van der Waals surface area contributed by atoms with Crippen molar-refractivity contribution in [3.63, 3.8) is 0 Å². The van der Waals surface area contributed by atoms with Crippen LogP contribution >= 0.6 is 0 Å². The molecule has 1 aliphatic rings. The van der Waals surface area contributed by atoms with Gasteiger partial charge in [-0.05, 0) is 18.8 Å². The smallest absolute Gasteiger partial charge is 0.241 e. The lowest BCUT2D eigenvalue weighted by molar-refractivity contribution is 0.0763. The molecule has 3 unspecified atom stereocenters. The first-order valence-electron chi connectivity index (χ1n) is 3.53. The van der Waals surface area contributed by atoms with Crippen LogP contribution in [0.4, 0.5) is 13.2 Å². The Bertz CT molecular complexity index is 103. The highest BCUT2D eigenvalue weighted by atomic mass is 19.3. The molecule has 0 spiro atoms. The van der Waals surface area contributed by atoms with Crippen molar-refractivity contribution in [1.29, 1.82) is 0 Å². The molecule has 0 radical (unpaired) electrons. The monoisotopic (exact) mass is 152 g/mol. The van der Waals surface area contributed by atoms with E-state index in [1.54, 1.807) is 6.92 Å². The van der Waals surface area contributed by atoms with Gasteiger partial charge in [0, 0.05) is 5.92 Å². The van der Waals surface area contributed by atoms with E-state index in [9.17, 15) is 13.2 Å². The van der Waals surface area contributed by atoms with Gasteiger partial charge in [0.05, 0.1) is 0 Å². The summed E-state index contributed by atoms with van der Waals surface area (Å²) in [7, 11) is 0. The van der Waals surface area contributed by atoms with E-state index >= 15 is 0 Å². The highest BCUT2D eigenvalue weighted by molar-refractivity contribution is 4.81. The molecule has 0 heterocycles. The van der Waals surface area contributed by atoms with Gasteiger partial charge in [-0.15, -0.1) is 0 Å². The largest absolute Gasteiger partial charge is 0.247 e. The normalized spacial score (nSPS) is 41.1. The summed E-state index contributed by atoms with van der Waals surface area (Å²) in [6, 6.07) is 0. The first-order valence-corrected chi connectivity index (χ1v) is 3.53. The number of alkyl halides is 3. The summed E-state index contributed by atoms with van der Waals surface area (Å²) in [6.07, 6.45) is -2.93. The van der Waals surface area contributed by atoms with Crippen molar-refractivity contribution in [2.75, 3.05) is 0 Å². The third kappa shape index (κ3) is 1.44. The van der Waals surface area contributed by atoms with E-state index in [4.69, 9.17) is 0 Å². The Hall–Kier alpha value is -0.210. The molecule has 0 aromatic rings. The average Bonchev–Trinajstić information content (AvgIpc) is 2.13. The van der Waals surface area contributed by atoms with E-state index in [0.29, 0.717) is 6.42 Å². The Morgan fingerprint density at radius 2 is 1.90 bits per heavy atom. The fourth-order valence-electron chi connectivity index (χ4n) is 1.45. The van der Waals surface area contributed by atoms with Gasteiger partial charge >= 0.3 is 0 Å². The van der Waals surface area contributed by atoms with Crippen molar-refractivity contribution in [2.24, 2.45) is 11.8 Å². The summed E-state index contributed by atoms with van der Waals surface area (Å²) < 4.78 is 36.4. The molecule has 1 aliphatic carbocycles. The summed E-state index contributed by atoms with van der Waals surface area (Å²) >= 11 is 0. The highest BCUT2D eigenvalue weighted by Gasteiger charge is 2.36. The molecule has 0 aromatic heterocycles. The van der Waals surface area contributed by atoms with Crippen LogP contribution in [0.1, 0.15) is 19.8 Å². The number of hydrogen-bond donors (Lipinski definition) is 0. The molecular formula is C7H11F3. The summed E-state index contributed by atoms with van der Waals surface area (Å²) in [4.78, 5) is 0. The van der Waals surface area contributed by atoms with E-state index in [1.807, 2.05) is 0 Å². The topological polar surface area (TPSA) is 0 Å². The Balaban J connectivity index is 2.41. The fraction of sp³-hybridized carbons (Fsp3) is 1.00. The van der Waals surface area contributed by atoms with Crippen LogP contribution in [0, 0.1) is 11.8 Å². The highest BCUT2D eigenvalue weighted by Crippen LogP contribution is 2.36. The SMILES string of the molecule is CC1CC(C(F)F)CC1F. The Kier molecular flexibility index (Phi) is 2.21. The van der Waals surface area contributed by atoms with Gasteiger partial charge in [-0.2, -0.15) is 0 Å². The number of hydrogen-bond acceptors (Lipinski definition) is 0. The summed E-state index contributed by atoms with van der Waals surface area (Å²) in [5.74, 6) is -0.857. The van der Waals surface area contributed by atoms with Crippen LogP contribution in [0.3, 0.4) is 0 Å². The average molecular weight is 152 g/mol. The molecule has 60 valence electrons. The summed E-state index contributed by atoms with van der Waals surface area (Å²) in [5.41, 5.74) is 0. The van der Waals surface area contributed by atoms with Crippen LogP contribution in [0.25, 0.3) is 0 Å². The van der Waals surface area contributed by atoms with Gasteiger partial charge in [0.15, 0.2) is 0 Å². The Morgan fingerprint density at radius 1 is 1.30 bits per heavy atom. The minimum atomic E-state index is -2.33. The summed E-state index contributed by atoms with van der Waals surface area (Å²) in [6.45, 7) is 1.69. The Labute approximate surface area is 58.4 Å². The third-order valence-corrected chi connectivity index (χ3v) is 2.18. The van der Waals surface area contributed by atoms with Gasteiger partial charge < -0.3 is 0 Å². The van der Waals surface area contributed by atoms with Gasteiger partial charge in [0.25, 0.3) is 0 Å². The van der Waals surface area contributed by atoms with Crippen LogP contribution in [-0.2, 0) is 0 Å². The van der Waals surface area contributed by atoms with Gasteiger partial charge in [-0.25, -0.2) is 13.2 Å². The molecule has 1 rings (SSSR count). The molecule has 0 N–H and O–H groups in total. The zero-order valence-electron chi connectivity index (χ0n) is 5.86. The van der Waals surface area contributed by atoms with E-state index in [2.05, 4.69) is 0 Å². The zero-order valence-corrected chi connectivity index (χ0v) is 5.86. The van der Waals surface area contributed by atoms with Crippen LogP contribution in [-0.4, -0.2) is 12.6 Å². The molecule has 0 amide bonds. The van der Waals surface area contributed by atoms with Crippen molar-refractivity contribution >= 4 is 0 Å². The van der Waals surface area contributed by atoms with E-state index < -0.39 is 18.5 Å². The standard InChI is InChI=1S/C7H11F3/c1-4-2-5(7(9)10)3-6(4)8/h4-7H,2-3H2,1H3. The van der Waals surface area contributed by atoms with Gasteiger partial charge in [-0.3, -0.25) is 0 Å². The molecule has 1 saturated carbocycles. The molecule has 0 aromatic carbocycles. The van der Waals surface area contributed by atoms with Crippen molar-refractivity contribution < 1.29 is 13.2 Å². The van der Waals surface area contributed by atoms with Crippen LogP contribution in [0.5, 0.6) is 0 Å². The maximum absolute atomic E-state index is 12.6. The molecule has 0 saturated heterocycles. The molecule has 0 bridgehead atoms. The predicted octanol–water partition coefficient (Wildman–Crippen LogP) is 2.64. The molecule has 10 heavy (non-hydrogen) atoms. The Morgan fingerprint density at radius 3 is 2.10 bits per heavy atom. The first-order chi connectivity index (χ1) is 4.61. The van der Waals surface area contributed by atoms with Crippen LogP contribution in [0.15, 0.2) is 0 Å². The second-order valence-electron chi connectivity index (χ2n) is 3.06. The van der Waals surface area contributed by atoms with Gasteiger partial charge in [-0.1, -0.05) is 6.92 Å². The molecular weight excluding hydrogens is 141 g/mol. The van der Waals surface area contributed by atoms with Crippen molar-refractivity contribution in [3.8, 4) is 0 Å². The van der Waals surface area contributed by atoms with Crippen molar-refractivity contribution in [2.45, 2.75) is 32.4 Å². The fourth-order valence-corrected chi connectivity index (χ4v) is 1.45. The summed E-state index contributed by atoms with van der Waals surface area (Å²) in [5, 5.41) is 0. The quantitative estimate of drug-likeness (QED) is 0.541. The number of rotatable bonds is 1. The molecule has 3 heteroatoms. The molecule has 0 aliphatic heterocycles. The van der Waals surface area contributed by atoms with Crippen LogP contribution in [0.2, 0.25) is 0 Å². The number of halogens is 3. The second-order valence-corrected chi connectivity index (χ2v) is 3.06. The van der Waals surface area contributed by atoms with Gasteiger partial charge in [0.2, 0.25) is 6.43 Å². The minimum Gasteiger partial charge on any atom is -0.247 e. The zero-order chi connectivity index (χ0) is 7.72. The molecule has 3 atom stereocenters. The van der Waals surface area contributed by atoms with Crippen molar-refractivity contribution in [3.05, 3.63) is 0 Å². The molecule has 0 nitrogen and oxygen atoms in total. The first kappa shape index (κ1) is 7.89. The lowest BCUT2D eigenvalue weighted by Crippen LogP contribution is -2.06. The maximum Gasteiger partial charge on any atom is 0.241 e. The third-order valence-electron chi connectivity index (χ3n) is 2.18. The second kappa shape index (κ2) is 2.81. The van der Waals surface area contributed by atoms with E-state index in [0.717, 1.165) is 0 Å². The predicted molar refractivity (Wildman–Crippen MR) is 32.8 cm³/mol. The van der Waals surface area contributed by atoms with Crippen LogP contribution < -0.4 is 0 Å². The van der Waals surface area contributed by atoms with E-state index in [-0.39, 0.29) is 12.3 Å². The minimum absolute atomic E-state index is 0.0544. The van der Waals surface area contributed by atoms with E-state index in [1.165, 1.54) is 0 Å². The van der Waals surface area contributed by atoms with Gasteiger partial charge in [0.1, 0.15) is 6.17 Å². The maximum atomic E-state index is 12.6. The molecule has 1 fully saturated rings.